The minimum absolute atomic E-state index is 0.0521. The highest BCUT2D eigenvalue weighted by Gasteiger charge is 2.25. The number of carbonyl (C=O) groups excluding carboxylic acids is 1. The number of halogens is 2. The highest BCUT2D eigenvalue weighted by molar-refractivity contribution is 7.84. The van der Waals surface area contributed by atoms with Crippen LogP contribution < -0.4 is 5.32 Å². The lowest BCUT2D eigenvalue weighted by Crippen LogP contribution is -2.29. The minimum atomic E-state index is -1.53. The molecule has 1 unspecified atom stereocenters. The molecule has 1 aromatic carbocycles. The van der Waals surface area contributed by atoms with Crippen LogP contribution in [0.5, 0.6) is 0 Å². The molecular weight excluding hydrogens is 282 g/mol. The summed E-state index contributed by atoms with van der Waals surface area (Å²) in [5, 5.41) is 12.6. The molecule has 1 rings (SSSR count). The second-order valence-electron chi connectivity index (χ2n) is 3.55. The van der Waals surface area contributed by atoms with E-state index in [1.165, 1.54) is 6.26 Å². The maximum Gasteiger partial charge on any atom is 0.305 e. The van der Waals surface area contributed by atoms with Gasteiger partial charge in [-0.15, -0.1) is 0 Å². The van der Waals surface area contributed by atoms with Crippen molar-refractivity contribution in [1.29, 1.82) is 0 Å². The molecule has 0 radical (unpaired) electrons. The Morgan fingerprint density at radius 1 is 1.47 bits per heavy atom. The fourth-order valence-electron chi connectivity index (χ4n) is 1.29. The third-order valence-electron chi connectivity index (χ3n) is 2.17. The minimum Gasteiger partial charge on any atom is -0.351 e. The van der Waals surface area contributed by atoms with E-state index in [-0.39, 0.29) is 12.3 Å². The van der Waals surface area contributed by atoms with Crippen LogP contribution in [0.25, 0.3) is 0 Å². The lowest BCUT2D eigenvalue weighted by Gasteiger charge is -2.06. The largest absolute Gasteiger partial charge is 0.351 e. The van der Waals surface area contributed by atoms with Crippen molar-refractivity contribution < 1.29 is 22.7 Å². The highest BCUT2D eigenvalue weighted by Crippen LogP contribution is 2.22. The van der Waals surface area contributed by atoms with E-state index in [0.717, 1.165) is 0 Å². The first kappa shape index (κ1) is 15.2. The lowest BCUT2D eigenvalue weighted by molar-refractivity contribution is -0.387. The Hall–Kier alpha value is -1.90. The molecule has 1 N–H and O–H groups in total. The van der Waals surface area contributed by atoms with Crippen LogP contribution in [0.2, 0.25) is 0 Å². The van der Waals surface area contributed by atoms with Crippen LogP contribution in [0.15, 0.2) is 12.1 Å². The number of hydrogen-bond donors (Lipinski definition) is 1. The van der Waals surface area contributed by atoms with E-state index in [1.807, 2.05) is 0 Å². The molecule has 1 atom stereocenters. The predicted octanol–water partition coefficient (Wildman–Crippen LogP) is 0.981. The molecule has 6 nitrogen and oxygen atoms in total. The molecule has 0 spiro atoms. The van der Waals surface area contributed by atoms with Crippen LogP contribution in [0.1, 0.15) is 10.4 Å². The first-order valence-corrected chi connectivity index (χ1v) is 6.78. The molecule has 1 amide bonds. The number of nitro groups is 1. The van der Waals surface area contributed by atoms with Gasteiger partial charge in [-0.3, -0.25) is 19.1 Å². The monoisotopic (exact) mass is 292 g/mol. The van der Waals surface area contributed by atoms with Gasteiger partial charge in [0, 0.05) is 35.4 Å². The number of nitrogens with zero attached hydrogens (tertiary/aromatic N) is 1. The number of carbonyl (C=O) groups is 1. The van der Waals surface area contributed by atoms with Crippen LogP contribution >= 0.6 is 0 Å². The average Bonchev–Trinajstić information content (AvgIpc) is 2.27. The summed E-state index contributed by atoms with van der Waals surface area (Å²) in [5.41, 5.74) is -2.00. The Labute approximate surface area is 109 Å². The molecule has 0 fully saturated rings. The van der Waals surface area contributed by atoms with E-state index in [9.17, 15) is 27.9 Å². The zero-order valence-electron chi connectivity index (χ0n) is 9.81. The molecule has 0 aromatic heterocycles. The summed E-state index contributed by atoms with van der Waals surface area (Å²) in [5.74, 6) is -3.73. The van der Waals surface area contributed by atoms with Gasteiger partial charge in [0.15, 0.2) is 0 Å². The Morgan fingerprint density at radius 2 is 2.11 bits per heavy atom. The topological polar surface area (TPSA) is 89.3 Å². The van der Waals surface area contributed by atoms with Gasteiger partial charge in [-0.2, -0.15) is 4.39 Å². The van der Waals surface area contributed by atoms with Crippen molar-refractivity contribution in [2.75, 3.05) is 18.6 Å². The fraction of sp³-hybridized carbons (Fsp3) is 0.300. The molecule has 0 heterocycles. The molecule has 19 heavy (non-hydrogen) atoms. The van der Waals surface area contributed by atoms with Gasteiger partial charge in [-0.25, -0.2) is 4.39 Å². The standard InChI is InChI=1S/C10H10F2N2O4S/c1-19(18)5-4-13-10(15)8-6(11)2-3-7(9(8)12)14(16)17/h2-3H,4-5H2,1H3,(H,13,15). The SMILES string of the molecule is CS(=O)CCNC(=O)c1c(F)ccc([N+](=O)[O-])c1F. The second kappa shape index (κ2) is 6.32. The number of hydrogen-bond acceptors (Lipinski definition) is 4. The third-order valence-corrected chi connectivity index (χ3v) is 2.95. The van der Waals surface area contributed by atoms with Crippen molar-refractivity contribution in [3.63, 3.8) is 0 Å². The van der Waals surface area contributed by atoms with Gasteiger partial charge in [-0.1, -0.05) is 0 Å². The second-order valence-corrected chi connectivity index (χ2v) is 5.10. The van der Waals surface area contributed by atoms with Crippen molar-refractivity contribution in [3.05, 3.63) is 39.4 Å². The van der Waals surface area contributed by atoms with Crippen LogP contribution in [-0.2, 0) is 10.8 Å². The average molecular weight is 292 g/mol. The summed E-state index contributed by atoms with van der Waals surface area (Å²) in [6.07, 6.45) is 1.40. The number of amides is 1. The molecule has 0 saturated carbocycles. The smallest absolute Gasteiger partial charge is 0.305 e. The first-order valence-electron chi connectivity index (χ1n) is 5.05. The Balaban J connectivity index is 2.99. The van der Waals surface area contributed by atoms with Gasteiger partial charge in [0.1, 0.15) is 11.4 Å². The molecule has 104 valence electrons. The van der Waals surface area contributed by atoms with Gasteiger partial charge in [0.05, 0.1) is 4.92 Å². The van der Waals surface area contributed by atoms with Gasteiger partial charge >= 0.3 is 5.69 Å². The molecule has 0 aliphatic carbocycles. The quantitative estimate of drug-likeness (QED) is 0.647. The first-order chi connectivity index (χ1) is 8.84. The summed E-state index contributed by atoms with van der Waals surface area (Å²) >= 11 is 0. The van der Waals surface area contributed by atoms with E-state index in [4.69, 9.17) is 0 Å². The Kier molecular flexibility index (Phi) is 5.04. The van der Waals surface area contributed by atoms with E-state index >= 15 is 0 Å². The van der Waals surface area contributed by atoms with Gasteiger partial charge in [0.2, 0.25) is 5.82 Å². The van der Waals surface area contributed by atoms with Crippen LogP contribution in [0.3, 0.4) is 0 Å². The maximum absolute atomic E-state index is 13.6. The molecule has 9 heteroatoms. The van der Waals surface area contributed by atoms with Crippen molar-refractivity contribution in [2.24, 2.45) is 0 Å². The normalized spacial score (nSPS) is 11.9. The molecule has 0 aliphatic rings. The Bertz CT molecular complexity index is 551. The third kappa shape index (κ3) is 3.78. The van der Waals surface area contributed by atoms with E-state index in [0.29, 0.717) is 12.1 Å². The summed E-state index contributed by atoms with van der Waals surface area (Å²) in [4.78, 5) is 21.0. The lowest BCUT2D eigenvalue weighted by atomic mass is 10.1. The fourth-order valence-corrected chi connectivity index (χ4v) is 1.68. The molecule has 1 aromatic rings. The Morgan fingerprint density at radius 3 is 2.63 bits per heavy atom. The number of nitrogens with one attached hydrogen (secondary N) is 1. The number of rotatable bonds is 5. The predicted molar refractivity (Wildman–Crippen MR) is 64.3 cm³/mol. The van der Waals surface area contributed by atoms with Crippen molar-refractivity contribution in [3.8, 4) is 0 Å². The van der Waals surface area contributed by atoms with E-state index < -0.39 is 44.5 Å². The zero-order chi connectivity index (χ0) is 14.6. The van der Waals surface area contributed by atoms with Crippen molar-refractivity contribution >= 4 is 22.4 Å². The molecular formula is C10H10F2N2O4S. The van der Waals surface area contributed by atoms with Gasteiger partial charge in [-0.05, 0) is 6.07 Å². The maximum atomic E-state index is 13.6. The van der Waals surface area contributed by atoms with Gasteiger partial charge < -0.3 is 5.32 Å². The number of nitro benzene ring substituents is 1. The van der Waals surface area contributed by atoms with E-state index in [1.54, 1.807) is 0 Å². The van der Waals surface area contributed by atoms with Crippen molar-refractivity contribution in [2.45, 2.75) is 0 Å². The summed E-state index contributed by atoms with van der Waals surface area (Å²) < 4.78 is 37.7. The van der Waals surface area contributed by atoms with Gasteiger partial charge in [0.25, 0.3) is 5.91 Å². The summed E-state index contributed by atoms with van der Waals surface area (Å²) in [6.45, 7) is -0.0521. The number of benzene rings is 1. The van der Waals surface area contributed by atoms with Crippen molar-refractivity contribution in [1.82, 2.24) is 5.32 Å². The van der Waals surface area contributed by atoms with Crippen LogP contribution in [0.4, 0.5) is 14.5 Å². The zero-order valence-corrected chi connectivity index (χ0v) is 10.6. The summed E-state index contributed by atoms with van der Waals surface area (Å²) in [7, 11) is -1.17. The van der Waals surface area contributed by atoms with E-state index in [2.05, 4.69) is 5.32 Å². The highest BCUT2D eigenvalue weighted by atomic mass is 32.2. The molecule has 0 aliphatic heterocycles. The molecule has 0 bridgehead atoms. The van der Waals surface area contributed by atoms with Crippen LogP contribution in [0, 0.1) is 21.7 Å². The molecule has 0 saturated heterocycles. The van der Waals surface area contributed by atoms with Crippen LogP contribution in [-0.4, -0.2) is 33.6 Å². The summed E-state index contributed by atoms with van der Waals surface area (Å²) in [6, 6.07) is 1.29.